The third kappa shape index (κ3) is 5.23. The Labute approximate surface area is 164 Å². The second kappa shape index (κ2) is 9.23. The van der Waals surface area contributed by atoms with Crippen molar-refractivity contribution in [2.75, 3.05) is 38.0 Å². The van der Waals surface area contributed by atoms with Gasteiger partial charge in [0, 0.05) is 55.4 Å². The number of hydrogen-bond acceptors (Lipinski definition) is 5. The number of carbonyl (C=O) groups is 3. The number of aromatic nitrogens is 1. The number of anilines is 1. The Kier molecular flexibility index (Phi) is 6.49. The normalized spacial score (nSPS) is 15.0. The molecule has 7 nitrogen and oxygen atoms in total. The lowest BCUT2D eigenvalue weighted by atomic mass is 10.1. The van der Waals surface area contributed by atoms with Gasteiger partial charge in [-0.05, 0) is 37.6 Å². The largest absolute Gasteiger partial charge is 0.337 e. The number of ketones is 1. The second-order valence-electron chi connectivity index (χ2n) is 6.84. The van der Waals surface area contributed by atoms with Crippen molar-refractivity contribution in [2.45, 2.75) is 13.3 Å². The van der Waals surface area contributed by atoms with E-state index in [1.54, 1.807) is 48.8 Å². The maximum atomic E-state index is 12.6. The minimum atomic E-state index is -0.130. The van der Waals surface area contributed by atoms with Crippen LogP contribution in [0.25, 0.3) is 0 Å². The number of rotatable bonds is 5. The van der Waals surface area contributed by atoms with Gasteiger partial charge in [-0.15, -0.1) is 0 Å². The third-order valence-electron chi connectivity index (χ3n) is 4.72. The minimum absolute atomic E-state index is 0.00486. The van der Waals surface area contributed by atoms with Crippen LogP contribution in [0.1, 0.15) is 34.1 Å². The van der Waals surface area contributed by atoms with E-state index in [0.717, 1.165) is 13.0 Å². The van der Waals surface area contributed by atoms with Crippen LogP contribution in [0.3, 0.4) is 0 Å². The average Bonchev–Trinajstić information content (AvgIpc) is 2.93. The van der Waals surface area contributed by atoms with Gasteiger partial charge in [0.2, 0.25) is 5.91 Å². The van der Waals surface area contributed by atoms with Crippen LogP contribution in [-0.4, -0.2) is 65.1 Å². The molecule has 146 valence electrons. The summed E-state index contributed by atoms with van der Waals surface area (Å²) in [5, 5.41) is 2.84. The maximum Gasteiger partial charge on any atom is 0.254 e. The molecular formula is C21H24N4O3. The van der Waals surface area contributed by atoms with Gasteiger partial charge in [-0.1, -0.05) is 12.1 Å². The highest BCUT2D eigenvalue weighted by Gasteiger charge is 2.21. The number of benzene rings is 1. The number of Topliss-reactive ketones (excluding diaryl/α,β-unsaturated/α-hetero) is 1. The second-order valence-corrected chi connectivity index (χ2v) is 6.84. The molecule has 1 N–H and O–H groups in total. The van der Waals surface area contributed by atoms with Crippen molar-refractivity contribution in [3.63, 3.8) is 0 Å². The van der Waals surface area contributed by atoms with E-state index < -0.39 is 0 Å². The van der Waals surface area contributed by atoms with Gasteiger partial charge in [0.25, 0.3) is 5.91 Å². The van der Waals surface area contributed by atoms with Crippen molar-refractivity contribution in [3.8, 4) is 0 Å². The molecule has 1 saturated heterocycles. The Morgan fingerprint density at radius 2 is 1.79 bits per heavy atom. The van der Waals surface area contributed by atoms with Crippen molar-refractivity contribution in [3.05, 3.63) is 59.9 Å². The molecule has 0 atom stereocenters. The Morgan fingerprint density at radius 3 is 2.54 bits per heavy atom. The van der Waals surface area contributed by atoms with E-state index in [2.05, 4.69) is 10.3 Å². The van der Waals surface area contributed by atoms with Crippen LogP contribution in [0.2, 0.25) is 0 Å². The van der Waals surface area contributed by atoms with Crippen molar-refractivity contribution in [1.29, 1.82) is 0 Å². The van der Waals surface area contributed by atoms with Crippen LogP contribution in [0, 0.1) is 0 Å². The number of amides is 2. The first kappa shape index (κ1) is 19.7. The summed E-state index contributed by atoms with van der Waals surface area (Å²) in [5.41, 5.74) is 1.81. The van der Waals surface area contributed by atoms with Gasteiger partial charge in [-0.25, -0.2) is 0 Å². The molecule has 0 radical (unpaired) electrons. The van der Waals surface area contributed by atoms with Gasteiger partial charge in [0.15, 0.2) is 5.78 Å². The molecule has 1 aromatic carbocycles. The van der Waals surface area contributed by atoms with Gasteiger partial charge < -0.3 is 10.2 Å². The fraction of sp³-hybridized carbons (Fsp3) is 0.333. The first-order chi connectivity index (χ1) is 13.5. The molecule has 7 heteroatoms. The maximum absolute atomic E-state index is 12.6. The van der Waals surface area contributed by atoms with Gasteiger partial charge in [-0.2, -0.15) is 0 Å². The number of pyridine rings is 1. The van der Waals surface area contributed by atoms with Crippen LogP contribution in [0.5, 0.6) is 0 Å². The fourth-order valence-electron chi connectivity index (χ4n) is 3.23. The van der Waals surface area contributed by atoms with E-state index in [1.807, 2.05) is 9.80 Å². The van der Waals surface area contributed by atoms with E-state index in [4.69, 9.17) is 0 Å². The van der Waals surface area contributed by atoms with Crippen molar-refractivity contribution in [1.82, 2.24) is 14.8 Å². The summed E-state index contributed by atoms with van der Waals surface area (Å²) in [7, 11) is 0. The van der Waals surface area contributed by atoms with E-state index in [-0.39, 0.29) is 24.1 Å². The Morgan fingerprint density at radius 1 is 1.00 bits per heavy atom. The molecule has 1 fully saturated rings. The fourth-order valence-corrected chi connectivity index (χ4v) is 3.23. The number of nitrogens with zero attached hydrogens (tertiary/aromatic N) is 3. The summed E-state index contributed by atoms with van der Waals surface area (Å²) in [4.78, 5) is 44.3. The molecule has 2 heterocycles. The summed E-state index contributed by atoms with van der Waals surface area (Å²) in [6.45, 7) is 4.38. The minimum Gasteiger partial charge on any atom is -0.337 e. The van der Waals surface area contributed by atoms with Crippen LogP contribution >= 0.6 is 0 Å². The number of nitrogens with one attached hydrogen (secondary N) is 1. The highest BCUT2D eigenvalue weighted by molar-refractivity contribution is 5.97. The molecule has 1 aliphatic rings. The molecule has 1 aromatic heterocycles. The Bertz CT molecular complexity index is 854. The standard InChI is InChI=1S/C21H24N4O3/c1-16(26)18-4-2-5-19(14-18)23-20(27)15-24-10-3-11-25(13-12-24)21(28)17-6-8-22-9-7-17/h2,4-9,14H,3,10-13,15H2,1H3,(H,23,27). The van der Waals surface area contributed by atoms with Gasteiger partial charge in [0.1, 0.15) is 0 Å². The average molecular weight is 380 g/mol. The first-order valence-electron chi connectivity index (χ1n) is 9.35. The Hall–Kier alpha value is -3.06. The van der Waals surface area contributed by atoms with E-state index in [0.29, 0.717) is 36.4 Å². The SMILES string of the molecule is CC(=O)c1cccc(NC(=O)CN2CCCN(C(=O)c3ccncc3)CC2)c1. The lowest BCUT2D eigenvalue weighted by Gasteiger charge is -2.21. The van der Waals surface area contributed by atoms with Crippen LogP contribution in [-0.2, 0) is 4.79 Å². The van der Waals surface area contributed by atoms with Gasteiger partial charge in [0.05, 0.1) is 6.54 Å². The molecule has 0 spiro atoms. The zero-order valence-electron chi connectivity index (χ0n) is 15.9. The monoisotopic (exact) mass is 380 g/mol. The highest BCUT2D eigenvalue weighted by atomic mass is 16.2. The lowest BCUT2D eigenvalue weighted by molar-refractivity contribution is -0.117. The van der Waals surface area contributed by atoms with Crippen molar-refractivity contribution >= 4 is 23.3 Å². The summed E-state index contributed by atoms with van der Waals surface area (Å²) >= 11 is 0. The van der Waals surface area contributed by atoms with E-state index in [9.17, 15) is 14.4 Å². The molecule has 0 unspecified atom stereocenters. The van der Waals surface area contributed by atoms with Crippen molar-refractivity contribution < 1.29 is 14.4 Å². The molecule has 2 amide bonds. The smallest absolute Gasteiger partial charge is 0.254 e. The zero-order chi connectivity index (χ0) is 19.9. The quantitative estimate of drug-likeness (QED) is 0.803. The molecule has 0 aliphatic carbocycles. The molecule has 0 bridgehead atoms. The van der Waals surface area contributed by atoms with E-state index >= 15 is 0 Å². The van der Waals surface area contributed by atoms with Crippen molar-refractivity contribution in [2.24, 2.45) is 0 Å². The summed E-state index contributed by atoms with van der Waals surface area (Å²) in [5.74, 6) is -0.174. The molecule has 2 aromatic rings. The number of carbonyl (C=O) groups excluding carboxylic acids is 3. The molecule has 1 aliphatic heterocycles. The topological polar surface area (TPSA) is 82.6 Å². The molecule has 28 heavy (non-hydrogen) atoms. The Balaban J connectivity index is 1.53. The molecule has 0 saturated carbocycles. The first-order valence-corrected chi connectivity index (χ1v) is 9.35. The lowest BCUT2D eigenvalue weighted by Crippen LogP contribution is -2.38. The molecule has 3 rings (SSSR count). The number of hydrogen-bond donors (Lipinski definition) is 1. The van der Waals surface area contributed by atoms with Crippen LogP contribution < -0.4 is 5.32 Å². The van der Waals surface area contributed by atoms with E-state index in [1.165, 1.54) is 6.92 Å². The summed E-state index contributed by atoms with van der Waals surface area (Å²) < 4.78 is 0. The highest BCUT2D eigenvalue weighted by Crippen LogP contribution is 2.12. The molecular weight excluding hydrogens is 356 g/mol. The summed E-state index contributed by atoms with van der Waals surface area (Å²) in [6.07, 6.45) is 4.04. The predicted molar refractivity (Wildman–Crippen MR) is 106 cm³/mol. The van der Waals surface area contributed by atoms with Crippen LogP contribution in [0.4, 0.5) is 5.69 Å². The van der Waals surface area contributed by atoms with Crippen LogP contribution in [0.15, 0.2) is 48.8 Å². The third-order valence-corrected chi connectivity index (χ3v) is 4.72. The van der Waals surface area contributed by atoms with Gasteiger partial charge in [-0.3, -0.25) is 24.3 Å². The zero-order valence-corrected chi connectivity index (χ0v) is 15.9. The predicted octanol–water partition coefficient (Wildman–Crippen LogP) is 2.07. The summed E-state index contributed by atoms with van der Waals surface area (Å²) in [6, 6.07) is 10.4. The van der Waals surface area contributed by atoms with Gasteiger partial charge >= 0.3 is 0 Å².